The van der Waals surface area contributed by atoms with Crippen LogP contribution in [0.2, 0.25) is 0 Å². The lowest BCUT2D eigenvalue weighted by molar-refractivity contribution is 0.0193. The second-order valence-electron chi connectivity index (χ2n) is 1.97. The topological polar surface area (TPSA) is 50.4 Å². The molecule has 6 heteroatoms. The average Bonchev–Trinajstić information content (AvgIpc) is 2.03. The molecule has 0 aromatic carbocycles. The number of urea groups is 1. The van der Waals surface area contributed by atoms with E-state index in [-0.39, 0.29) is 19.2 Å². The Kier molecular flexibility index (Phi) is 6.26. The van der Waals surface area contributed by atoms with Gasteiger partial charge in [-0.05, 0) is 0 Å². The number of carbonyl (C=O) groups is 1. The van der Waals surface area contributed by atoms with Crippen molar-refractivity contribution in [1.82, 2.24) is 10.6 Å². The van der Waals surface area contributed by atoms with Crippen LogP contribution in [0.1, 0.15) is 0 Å². The van der Waals surface area contributed by atoms with Crippen molar-refractivity contribution in [3.05, 3.63) is 0 Å². The van der Waals surface area contributed by atoms with E-state index in [0.29, 0.717) is 0 Å². The van der Waals surface area contributed by atoms with Gasteiger partial charge in [-0.1, -0.05) is 0 Å². The molecule has 0 aliphatic carbocycles. The molecule has 72 valence electrons. The Morgan fingerprint density at radius 1 is 1.58 bits per heavy atom. The number of halogens is 2. The van der Waals surface area contributed by atoms with E-state index in [1.54, 1.807) is 0 Å². The molecule has 4 nitrogen and oxygen atoms in total. The summed E-state index contributed by atoms with van der Waals surface area (Å²) in [4.78, 5) is 10.5. The highest BCUT2D eigenvalue weighted by molar-refractivity contribution is 5.73. The van der Waals surface area contributed by atoms with Gasteiger partial charge in [-0.25, -0.2) is 13.6 Å². The van der Waals surface area contributed by atoms with Crippen LogP contribution in [0.5, 0.6) is 0 Å². The molecule has 0 heterocycles. The first-order valence-electron chi connectivity index (χ1n) is 3.48. The largest absolute Gasteiger partial charge is 0.374 e. The van der Waals surface area contributed by atoms with Crippen LogP contribution in [-0.4, -0.2) is 39.3 Å². The number of carbonyl (C=O) groups excluding carboxylic acids is 1. The van der Waals surface area contributed by atoms with Gasteiger partial charge in [0.1, 0.15) is 6.61 Å². The molecule has 0 rings (SSSR count). The van der Waals surface area contributed by atoms with Crippen LogP contribution in [-0.2, 0) is 4.74 Å². The molecule has 0 saturated carbocycles. The zero-order valence-electron chi connectivity index (χ0n) is 6.77. The predicted molar refractivity (Wildman–Crippen MR) is 39.3 cm³/mol. The van der Waals surface area contributed by atoms with Crippen molar-refractivity contribution in [2.24, 2.45) is 0 Å². The van der Waals surface area contributed by atoms with E-state index < -0.39 is 13.0 Å². The maximum Gasteiger partial charge on any atom is 0.314 e. The molecule has 0 atom stereocenters. The molecule has 0 spiro atoms. The third-order valence-electron chi connectivity index (χ3n) is 1.00. The summed E-state index contributed by atoms with van der Waals surface area (Å²) < 4.78 is 27.4. The normalized spacial score (nSPS) is 10.0. The Labute approximate surface area is 69.3 Å². The third-order valence-corrected chi connectivity index (χ3v) is 1.00. The lowest BCUT2D eigenvalue weighted by Crippen LogP contribution is -2.35. The average molecular weight is 182 g/mol. The van der Waals surface area contributed by atoms with Gasteiger partial charge in [-0.15, -0.1) is 0 Å². The molecule has 0 aromatic rings. The molecule has 0 saturated heterocycles. The summed E-state index contributed by atoms with van der Waals surface area (Å²) in [6, 6.07) is -0.351. The van der Waals surface area contributed by atoms with Crippen LogP contribution in [0.3, 0.4) is 0 Å². The minimum absolute atomic E-state index is 0.0950. The van der Waals surface area contributed by atoms with Crippen molar-refractivity contribution in [3.63, 3.8) is 0 Å². The maximum absolute atomic E-state index is 11.5. The number of ether oxygens (including phenoxy) is 1. The minimum atomic E-state index is -2.45. The molecule has 0 aliphatic heterocycles. The fraction of sp³-hybridized carbons (Fsp3) is 0.833. The Morgan fingerprint density at radius 2 is 2.25 bits per heavy atom. The maximum atomic E-state index is 11.5. The number of amides is 2. The van der Waals surface area contributed by atoms with Crippen molar-refractivity contribution < 1.29 is 18.3 Å². The SMILES string of the molecule is CNC(=O)NCCOCC(F)F. The molecule has 2 amide bonds. The first-order chi connectivity index (χ1) is 5.66. The van der Waals surface area contributed by atoms with E-state index in [1.165, 1.54) is 7.05 Å². The van der Waals surface area contributed by atoms with Crippen molar-refractivity contribution in [2.75, 3.05) is 26.8 Å². The quantitative estimate of drug-likeness (QED) is 0.596. The van der Waals surface area contributed by atoms with Crippen LogP contribution in [0.25, 0.3) is 0 Å². The van der Waals surface area contributed by atoms with E-state index in [0.717, 1.165) is 0 Å². The monoisotopic (exact) mass is 182 g/mol. The molecule has 0 aliphatic rings. The molecule has 0 fully saturated rings. The van der Waals surface area contributed by atoms with Crippen LogP contribution in [0, 0.1) is 0 Å². The summed E-state index contributed by atoms with van der Waals surface area (Å²) >= 11 is 0. The lowest BCUT2D eigenvalue weighted by Gasteiger charge is -2.04. The van der Waals surface area contributed by atoms with Gasteiger partial charge in [0.05, 0.1) is 6.61 Å². The van der Waals surface area contributed by atoms with E-state index >= 15 is 0 Å². The molecule has 0 radical (unpaired) electrons. The standard InChI is InChI=1S/C6H12F2N2O2/c1-9-6(11)10-2-3-12-4-5(7)8/h5H,2-4H2,1H3,(H2,9,10,11). The summed E-state index contributed by atoms with van der Waals surface area (Å²) in [5.41, 5.74) is 0. The van der Waals surface area contributed by atoms with Crippen LogP contribution in [0.15, 0.2) is 0 Å². The van der Waals surface area contributed by atoms with Crippen LogP contribution < -0.4 is 10.6 Å². The van der Waals surface area contributed by atoms with Gasteiger partial charge in [0.15, 0.2) is 0 Å². The Bertz CT molecular complexity index is 133. The molecule has 0 aromatic heterocycles. The number of nitrogens with one attached hydrogen (secondary N) is 2. The van der Waals surface area contributed by atoms with E-state index in [2.05, 4.69) is 15.4 Å². The number of hydrogen-bond donors (Lipinski definition) is 2. The van der Waals surface area contributed by atoms with Crippen LogP contribution >= 0.6 is 0 Å². The van der Waals surface area contributed by atoms with Gasteiger partial charge in [-0.2, -0.15) is 0 Å². The molecule has 12 heavy (non-hydrogen) atoms. The van der Waals surface area contributed by atoms with Gasteiger partial charge in [0, 0.05) is 13.6 Å². The summed E-state index contributed by atoms with van der Waals surface area (Å²) in [6.07, 6.45) is -2.45. The smallest absolute Gasteiger partial charge is 0.314 e. The lowest BCUT2D eigenvalue weighted by atomic mass is 10.6. The Balaban J connectivity index is 3.05. The molecular weight excluding hydrogens is 170 g/mol. The second kappa shape index (κ2) is 6.78. The van der Waals surface area contributed by atoms with E-state index in [9.17, 15) is 13.6 Å². The zero-order chi connectivity index (χ0) is 9.40. The van der Waals surface area contributed by atoms with Gasteiger partial charge in [-0.3, -0.25) is 0 Å². The summed E-state index contributed by atoms with van der Waals surface area (Å²) in [6.45, 7) is -0.264. The first kappa shape index (κ1) is 11.1. The van der Waals surface area contributed by atoms with Crippen molar-refractivity contribution in [3.8, 4) is 0 Å². The molecular formula is C6H12F2N2O2. The van der Waals surface area contributed by atoms with Crippen LogP contribution in [0.4, 0.5) is 13.6 Å². The fourth-order valence-electron chi connectivity index (χ4n) is 0.498. The van der Waals surface area contributed by atoms with Gasteiger partial charge >= 0.3 is 6.03 Å². The highest BCUT2D eigenvalue weighted by Gasteiger charge is 2.01. The summed E-state index contributed by atoms with van der Waals surface area (Å²) in [7, 11) is 1.47. The van der Waals surface area contributed by atoms with E-state index in [1.807, 2.05) is 0 Å². The second-order valence-corrected chi connectivity index (χ2v) is 1.97. The van der Waals surface area contributed by atoms with Gasteiger partial charge in [0.2, 0.25) is 0 Å². The minimum Gasteiger partial charge on any atom is -0.374 e. The highest BCUT2D eigenvalue weighted by atomic mass is 19.3. The predicted octanol–water partition coefficient (Wildman–Crippen LogP) is 0.197. The molecule has 0 bridgehead atoms. The van der Waals surface area contributed by atoms with Gasteiger partial charge in [0.25, 0.3) is 6.43 Å². The number of hydrogen-bond acceptors (Lipinski definition) is 2. The van der Waals surface area contributed by atoms with Crippen molar-refractivity contribution in [2.45, 2.75) is 6.43 Å². The van der Waals surface area contributed by atoms with Crippen molar-refractivity contribution in [1.29, 1.82) is 0 Å². The van der Waals surface area contributed by atoms with Crippen molar-refractivity contribution >= 4 is 6.03 Å². The number of rotatable bonds is 5. The van der Waals surface area contributed by atoms with E-state index in [4.69, 9.17) is 0 Å². The third kappa shape index (κ3) is 7.20. The highest BCUT2D eigenvalue weighted by Crippen LogP contribution is 1.90. The van der Waals surface area contributed by atoms with Gasteiger partial charge < -0.3 is 15.4 Å². The fourth-order valence-corrected chi connectivity index (χ4v) is 0.498. The Morgan fingerprint density at radius 3 is 2.75 bits per heavy atom. The molecule has 0 unspecified atom stereocenters. The zero-order valence-corrected chi connectivity index (χ0v) is 6.77. The molecule has 2 N–H and O–H groups in total. The Hall–Kier alpha value is -0.910. The number of alkyl halides is 2. The summed E-state index contributed by atoms with van der Waals surface area (Å²) in [5, 5.41) is 4.70. The first-order valence-corrected chi connectivity index (χ1v) is 3.48. The summed E-state index contributed by atoms with van der Waals surface area (Å²) in [5.74, 6) is 0.